The Morgan fingerprint density at radius 3 is 2.40 bits per heavy atom. The number of carbonyl (C=O) groups is 1. The number of hydrogen-bond acceptors (Lipinski definition) is 3. The summed E-state index contributed by atoms with van der Waals surface area (Å²) >= 11 is 8.85. The van der Waals surface area contributed by atoms with Gasteiger partial charge in [0.25, 0.3) is 0 Å². The van der Waals surface area contributed by atoms with E-state index in [1.54, 1.807) is 24.3 Å². The summed E-state index contributed by atoms with van der Waals surface area (Å²) in [7, 11) is 0. The minimum atomic E-state index is -0.721. The van der Waals surface area contributed by atoms with Gasteiger partial charge in [0.1, 0.15) is 0 Å². The van der Waals surface area contributed by atoms with Gasteiger partial charge in [-0.15, -0.1) is 0 Å². The molecule has 78 valence electrons. The molecule has 0 bridgehead atoms. The summed E-state index contributed by atoms with van der Waals surface area (Å²) in [6, 6.07) is 6.86. The van der Waals surface area contributed by atoms with Crippen molar-refractivity contribution in [2.45, 2.75) is 6.10 Å². The molecule has 1 unspecified atom stereocenters. The second-order valence-electron chi connectivity index (χ2n) is 3.03. The van der Waals surface area contributed by atoms with E-state index >= 15 is 0 Å². The monoisotopic (exact) mass is 288 g/mol. The van der Waals surface area contributed by atoms with Gasteiger partial charge in [0, 0.05) is 5.02 Å². The summed E-state index contributed by atoms with van der Waals surface area (Å²) in [5, 5.41) is 9.89. The number of halogens is 2. The van der Waals surface area contributed by atoms with Crippen molar-refractivity contribution in [1.29, 1.82) is 0 Å². The molecule has 1 aromatic carbocycles. The first-order chi connectivity index (χ1) is 7.09. The highest BCUT2D eigenvalue weighted by atomic mass is 79.9. The molecule has 1 N–H and O–H groups in total. The lowest BCUT2D eigenvalue weighted by Gasteiger charge is -2.09. The van der Waals surface area contributed by atoms with Crippen LogP contribution in [0, 0.1) is 0 Å². The third kappa shape index (κ3) is 1.87. The molecule has 1 aromatic rings. The minimum absolute atomic E-state index is 0.342. The third-order valence-corrected chi connectivity index (χ3v) is 3.09. The van der Waals surface area contributed by atoms with Crippen LogP contribution in [0.25, 0.3) is 0 Å². The van der Waals surface area contributed by atoms with Crippen molar-refractivity contribution in [3.63, 3.8) is 0 Å². The predicted octanol–water partition coefficient (Wildman–Crippen LogP) is 3.10. The molecule has 2 rings (SSSR count). The molecule has 1 aliphatic rings. The van der Waals surface area contributed by atoms with E-state index in [4.69, 9.17) is 16.3 Å². The van der Waals surface area contributed by atoms with E-state index in [1.165, 1.54) is 0 Å². The Balaban J connectivity index is 2.35. The molecule has 1 aliphatic heterocycles. The van der Waals surface area contributed by atoms with Gasteiger partial charge in [0.2, 0.25) is 5.76 Å². The zero-order chi connectivity index (χ0) is 11.0. The quantitative estimate of drug-likeness (QED) is 0.808. The molecular weight excluding hydrogens is 283 g/mol. The fourth-order valence-electron chi connectivity index (χ4n) is 1.29. The Morgan fingerprint density at radius 1 is 1.33 bits per heavy atom. The Bertz CT molecular complexity index is 438. The normalized spacial score (nSPS) is 20.7. The fraction of sp³-hybridized carbons (Fsp3) is 0.100. The fourth-order valence-corrected chi connectivity index (χ4v) is 1.93. The Kier molecular flexibility index (Phi) is 2.71. The summed E-state index contributed by atoms with van der Waals surface area (Å²) in [5.41, 5.74) is 0.753. The first-order valence-corrected chi connectivity index (χ1v) is 5.32. The first kappa shape index (κ1) is 10.5. The van der Waals surface area contributed by atoms with Crippen molar-refractivity contribution < 1.29 is 14.6 Å². The Morgan fingerprint density at radius 2 is 1.93 bits per heavy atom. The molecule has 0 saturated heterocycles. The summed E-state index contributed by atoms with van der Waals surface area (Å²) in [6.07, 6.45) is -0.574. The number of ether oxygens (including phenoxy) is 1. The Labute approximate surface area is 99.4 Å². The van der Waals surface area contributed by atoms with Gasteiger partial charge in [-0.2, -0.15) is 0 Å². The lowest BCUT2D eigenvalue weighted by Crippen LogP contribution is -2.02. The average molecular weight is 290 g/mol. The summed E-state index contributed by atoms with van der Waals surface area (Å²) < 4.78 is 5.30. The van der Waals surface area contributed by atoms with Crippen LogP contribution >= 0.6 is 27.5 Å². The maximum atomic E-state index is 11.0. The highest BCUT2D eigenvalue weighted by Crippen LogP contribution is 2.37. The van der Waals surface area contributed by atoms with E-state index in [2.05, 4.69) is 15.9 Å². The number of esters is 1. The van der Waals surface area contributed by atoms with Crippen LogP contribution in [0.15, 0.2) is 34.5 Å². The molecule has 0 radical (unpaired) electrons. The lowest BCUT2D eigenvalue weighted by molar-refractivity contribution is -0.142. The molecule has 0 saturated carbocycles. The summed E-state index contributed by atoms with van der Waals surface area (Å²) in [5.74, 6) is -1.10. The van der Waals surface area contributed by atoms with Crippen LogP contribution in [-0.2, 0) is 9.53 Å². The number of carbonyl (C=O) groups excluding carboxylic acids is 1. The van der Waals surface area contributed by atoms with Gasteiger partial charge in [0.15, 0.2) is 6.10 Å². The molecule has 1 atom stereocenters. The van der Waals surface area contributed by atoms with Gasteiger partial charge < -0.3 is 9.84 Å². The maximum absolute atomic E-state index is 11.0. The van der Waals surface area contributed by atoms with Crippen molar-refractivity contribution in [3.05, 3.63) is 45.1 Å². The van der Waals surface area contributed by atoms with Crippen molar-refractivity contribution in [3.8, 4) is 0 Å². The predicted molar refractivity (Wildman–Crippen MR) is 58.9 cm³/mol. The van der Waals surface area contributed by atoms with E-state index < -0.39 is 12.1 Å². The Hall–Kier alpha value is -1.00. The van der Waals surface area contributed by atoms with Crippen LogP contribution in [0.5, 0.6) is 0 Å². The molecular formula is C10H6BrClO3. The van der Waals surface area contributed by atoms with Crippen molar-refractivity contribution in [1.82, 2.24) is 0 Å². The molecule has 3 nitrogen and oxygen atoms in total. The van der Waals surface area contributed by atoms with E-state index in [9.17, 15) is 9.90 Å². The van der Waals surface area contributed by atoms with E-state index in [0.29, 0.717) is 9.51 Å². The van der Waals surface area contributed by atoms with Crippen LogP contribution in [-0.4, -0.2) is 11.1 Å². The zero-order valence-electron chi connectivity index (χ0n) is 7.41. The molecule has 15 heavy (non-hydrogen) atoms. The second kappa shape index (κ2) is 3.87. The molecule has 1 heterocycles. The van der Waals surface area contributed by atoms with E-state index in [0.717, 1.165) is 5.56 Å². The SMILES string of the molecule is O=C1OC(c2ccc(Cl)cc2)C(Br)=C1O. The largest absolute Gasteiger partial charge is 0.501 e. The van der Waals surface area contributed by atoms with Crippen molar-refractivity contribution in [2.75, 3.05) is 0 Å². The minimum Gasteiger partial charge on any atom is -0.501 e. The standard InChI is InChI=1S/C10H6BrClO3/c11-7-8(13)10(14)15-9(7)5-1-3-6(12)4-2-5/h1-4,9,13H. The van der Waals surface area contributed by atoms with Gasteiger partial charge >= 0.3 is 5.97 Å². The maximum Gasteiger partial charge on any atom is 0.375 e. The van der Waals surface area contributed by atoms with Gasteiger partial charge in [-0.05, 0) is 33.6 Å². The molecule has 5 heteroatoms. The third-order valence-electron chi connectivity index (χ3n) is 2.05. The van der Waals surface area contributed by atoms with E-state index in [-0.39, 0.29) is 5.76 Å². The lowest BCUT2D eigenvalue weighted by atomic mass is 10.1. The van der Waals surface area contributed by atoms with Crippen molar-refractivity contribution in [2.24, 2.45) is 0 Å². The molecule has 0 amide bonds. The zero-order valence-corrected chi connectivity index (χ0v) is 9.75. The highest BCUT2D eigenvalue weighted by molar-refractivity contribution is 9.11. The highest BCUT2D eigenvalue weighted by Gasteiger charge is 2.33. The van der Waals surface area contributed by atoms with Crippen LogP contribution in [0.1, 0.15) is 11.7 Å². The molecule has 0 fully saturated rings. The number of aliphatic hydroxyl groups is 1. The van der Waals surface area contributed by atoms with Gasteiger partial charge in [-0.25, -0.2) is 4.79 Å². The summed E-state index contributed by atoms with van der Waals surface area (Å²) in [6.45, 7) is 0. The van der Waals surface area contributed by atoms with Crippen LogP contribution in [0.2, 0.25) is 5.02 Å². The molecule has 0 aromatic heterocycles. The average Bonchev–Trinajstić information content (AvgIpc) is 2.47. The van der Waals surface area contributed by atoms with Crippen LogP contribution < -0.4 is 0 Å². The van der Waals surface area contributed by atoms with Gasteiger partial charge in [0.05, 0.1) is 4.48 Å². The van der Waals surface area contributed by atoms with Crippen LogP contribution in [0.4, 0.5) is 0 Å². The first-order valence-electron chi connectivity index (χ1n) is 4.14. The van der Waals surface area contributed by atoms with E-state index in [1.807, 2.05) is 0 Å². The van der Waals surface area contributed by atoms with Crippen molar-refractivity contribution >= 4 is 33.5 Å². The molecule has 0 aliphatic carbocycles. The topological polar surface area (TPSA) is 46.5 Å². The number of hydrogen-bond donors (Lipinski definition) is 1. The number of cyclic esters (lactones) is 1. The number of benzene rings is 1. The smallest absolute Gasteiger partial charge is 0.375 e. The van der Waals surface area contributed by atoms with Gasteiger partial charge in [-0.1, -0.05) is 23.7 Å². The summed E-state index contributed by atoms with van der Waals surface area (Å²) in [4.78, 5) is 11.0. The van der Waals surface area contributed by atoms with Gasteiger partial charge in [-0.3, -0.25) is 0 Å². The second-order valence-corrected chi connectivity index (χ2v) is 4.32. The molecule has 0 spiro atoms. The van der Waals surface area contributed by atoms with Crippen LogP contribution in [0.3, 0.4) is 0 Å². The number of rotatable bonds is 1. The number of aliphatic hydroxyl groups excluding tert-OH is 1.